The summed E-state index contributed by atoms with van der Waals surface area (Å²) in [7, 11) is 1.56. The zero-order valence-corrected chi connectivity index (χ0v) is 15.1. The maximum Gasteiger partial charge on any atom is 0.191 e. The van der Waals surface area contributed by atoms with E-state index >= 15 is 0 Å². The number of rotatable bonds is 6. The number of hydrogen-bond acceptors (Lipinski definition) is 3. The summed E-state index contributed by atoms with van der Waals surface area (Å²) >= 11 is 0. The Morgan fingerprint density at radius 2 is 2.04 bits per heavy atom. The van der Waals surface area contributed by atoms with Gasteiger partial charge in [0.05, 0.1) is 7.11 Å². The van der Waals surface area contributed by atoms with Crippen molar-refractivity contribution in [1.29, 1.82) is 0 Å². The van der Waals surface area contributed by atoms with Crippen LogP contribution >= 0.6 is 0 Å². The fourth-order valence-electron chi connectivity index (χ4n) is 3.14. The average molecular weight is 333 g/mol. The standard InChI is InChI=1S/C19H31N3O2/c1-4-20-19(22-16-10-8-14(2)9-11-16)21-13-12-15-6-5-7-17(24-3)18(15)23/h5-7,14,16,23H,4,8-13H2,1-3H3,(H2,20,21,22). The summed E-state index contributed by atoms with van der Waals surface area (Å²) in [6, 6.07) is 6.09. The molecule has 134 valence electrons. The van der Waals surface area contributed by atoms with Crippen LogP contribution in [-0.2, 0) is 6.42 Å². The Hall–Kier alpha value is -1.91. The molecule has 0 spiro atoms. The van der Waals surface area contributed by atoms with Crippen LogP contribution in [0.25, 0.3) is 0 Å². The topological polar surface area (TPSA) is 65.9 Å². The van der Waals surface area contributed by atoms with Gasteiger partial charge in [-0.15, -0.1) is 0 Å². The number of methoxy groups -OCH3 is 1. The van der Waals surface area contributed by atoms with Gasteiger partial charge in [0.25, 0.3) is 0 Å². The molecule has 0 radical (unpaired) electrons. The number of phenolic OH excluding ortho intramolecular Hbond substituents is 1. The van der Waals surface area contributed by atoms with Gasteiger partial charge in [-0.05, 0) is 56.6 Å². The average Bonchev–Trinajstić information content (AvgIpc) is 2.58. The monoisotopic (exact) mass is 333 g/mol. The molecule has 1 saturated carbocycles. The molecule has 1 fully saturated rings. The lowest BCUT2D eigenvalue weighted by atomic mass is 9.87. The van der Waals surface area contributed by atoms with Crippen LogP contribution in [0.2, 0.25) is 0 Å². The first-order valence-corrected chi connectivity index (χ1v) is 9.03. The molecule has 0 unspecified atom stereocenters. The van der Waals surface area contributed by atoms with E-state index < -0.39 is 0 Å². The van der Waals surface area contributed by atoms with Gasteiger partial charge in [-0.25, -0.2) is 0 Å². The minimum atomic E-state index is 0.217. The first-order valence-electron chi connectivity index (χ1n) is 9.03. The van der Waals surface area contributed by atoms with Crippen molar-refractivity contribution in [3.63, 3.8) is 0 Å². The van der Waals surface area contributed by atoms with E-state index in [1.165, 1.54) is 25.7 Å². The number of benzene rings is 1. The summed E-state index contributed by atoms with van der Waals surface area (Å²) in [6.45, 7) is 5.88. The maximum absolute atomic E-state index is 10.1. The predicted molar refractivity (Wildman–Crippen MR) is 98.9 cm³/mol. The van der Waals surface area contributed by atoms with Crippen LogP contribution in [0.4, 0.5) is 0 Å². The summed E-state index contributed by atoms with van der Waals surface area (Å²) in [4.78, 5) is 4.66. The van der Waals surface area contributed by atoms with Gasteiger partial charge in [-0.2, -0.15) is 0 Å². The number of ether oxygens (including phenoxy) is 1. The molecule has 0 heterocycles. The number of aromatic hydroxyl groups is 1. The van der Waals surface area contributed by atoms with Gasteiger partial charge in [0.15, 0.2) is 17.5 Å². The second kappa shape index (κ2) is 9.40. The maximum atomic E-state index is 10.1. The van der Waals surface area contributed by atoms with Crippen molar-refractivity contribution in [3.8, 4) is 11.5 Å². The summed E-state index contributed by atoms with van der Waals surface area (Å²) in [5, 5.41) is 17.0. The van der Waals surface area contributed by atoms with Gasteiger partial charge in [0, 0.05) is 19.1 Å². The number of nitrogens with zero attached hydrogens (tertiary/aromatic N) is 1. The number of hydrogen-bond donors (Lipinski definition) is 3. The lowest BCUT2D eigenvalue weighted by molar-refractivity contribution is 0.329. The van der Waals surface area contributed by atoms with Gasteiger partial charge in [-0.3, -0.25) is 4.99 Å². The molecule has 1 aromatic carbocycles. The summed E-state index contributed by atoms with van der Waals surface area (Å²) < 4.78 is 5.15. The van der Waals surface area contributed by atoms with Crippen LogP contribution < -0.4 is 15.4 Å². The molecule has 24 heavy (non-hydrogen) atoms. The summed E-state index contributed by atoms with van der Waals surface area (Å²) in [5.74, 6) is 2.45. The van der Waals surface area contributed by atoms with Crippen molar-refractivity contribution >= 4 is 5.96 Å². The first-order chi connectivity index (χ1) is 11.6. The number of nitrogens with one attached hydrogen (secondary N) is 2. The van der Waals surface area contributed by atoms with Crippen molar-refractivity contribution in [2.75, 3.05) is 20.2 Å². The highest BCUT2D eigenvalue weighted by molar-refractivity contribution is 5.80. The van der Waals surface area contributed by atoms with Crippen molar-refractivity contribution in [2.45, 2.75) is 52.0 Å². The molecule has 0 atom stereocenters. The van der Waals surface area contributed by atoms with Crippen molar-refractivity contribution < 1.29 is 9.84 Å². The highest BCUT2D eigenvalue weighted by atomic mass is 16.5. The summed E-state index contributed by atoms with van der Waals surface area (Å²) in [5.41, 5.74) is 0.862. The zero-order valence-electron chi connectivity index (χ0n) is 15.1. The second-order valence-corrected chi connectivity index (χ2v) is 6.58. The van der Waals surface area contributed by atoms with E-state index in [1.54, 1.807) is 13.2 Å². The van der Waals surface area contributed by atoms with Gasteiger partial charge >= 0.3 is 0 Å². The van der Waals surface area contributed by atoms with Crippen LogP contribution in [0.15, 0.2) is 23.2 Å². The Labute approximate surface area is 145 Å². The second-order valence-electron chi connectivity index (χ2n) is 6.58. The Morgan fingerprint density at radius 3 is 2.71 bits per heavy atom. The molecule has 2 rings (SSSR count). The van der Waals surface area contributed by atoms with Crippen LogP contribution in [-0.4, -0.2) is 37.3 Å². The number of para-hydroxylation sites is 1. The van der Waals surface area contributed by atoms with Crippen LogP contribution in [0.5, 0.6) is 11.5 Å². The predicted octanol–water partition coefficient (Wildman–Crippen LogP) is 3.08. The van der Waals surface area contributed by atoms with E-state index in [2.05, 4.69) is 29.5 Å². The van der Waals surface area contributed by atoms with Gasteiger partial charge in [-0.1, -0.05) is 19.1 Å². The quantitative estimate of drug-likeness (QED) is 0.553. The van der Waals surface area contributed by atoms with E-state index in [-0.39, 0.29) is 5.75 Å². The van der Waals surface area contributed by atoms with E-state index in [0.29, 0.717) is 24.8 Å². The highest BCUT2D eigenvalue weighted by Crippen LogP contribution is 2.29. The third-order valence-electron chi connectivity index (χ3n) is 4.65. The Balaban J connectivity index is 1.91. The van der Waals surface area contributed by atoms with Gasteiger partial charge < -0.3 is 20.5 Å². The smallest absolute Gasteiger partial charge is 0.191 e. The molecule has 0 aliphatic heterocycles. The molecule has 5 nitrogen and oxygen atoms in total. The molecule has 5 heteroatoms. The molecule has 0 saturated heterocycles. The molecule has 1 aromatic rings. The van der Waals surface area contributed by atoms with Crippen LogP contribution in [0.1, 0.15) is 45.1 Å². The third-order valence-corrected chi connectivity index (χ3v) is 4.65. The number of aliphatic imine (C=N–C) groups is 1. The lowest BCUT2D eigenvalue weighted by Gasteiger charge is -2.28. The number of phenols is 1. The van der Waals surface area contributed by atoms with E-state index in [4.69, 9.17) is 4.74 Å². The largest absolute Gasteiger partial charge is 0.504 e. The minimum Gasteiger partial charge on any atom is -0.504 e. The Kier molecular flexibility index (Phi) is 7.22. The molecule has 0 bridgehead atoms. The van der Waals surface area contributed by atoms with Crippen LogP contribution in [0, 0.1) is 5.92 Å². The summed E-state index contributed by atoms with van der Waals surface area (Å²) in [6.07, 6.45) is 5.68. The van der Waals surface area contributed by atoms with Gasteiger partial charge in [0.2, 0.25) is 0 Å². The molecule has 0 amide bonds. The van der Waals surface area contributed by atoms with E-state index in [1.807, 2.05) is 12.1 Å². The number of guanidine groups is 1. The highest BCUT2D eigenvalue weighted by Gasteiger charge is 2.18. The first kappa shape index (κ1) is 18.4. The minimum absolute atomic E-state index is 0.217. The Bertz CT molecular complexity index is 537. The molecular weight excluding hydrogens is 302 g/mol. The van der Waals surface area contributed by atoms with Crippen LogP contribution in [0.3, 0.4) is 0 Å². The van der Waals surface area contributed by atoms with Gasteiger partial charge in [0.1, 0.15) is 0 Å². The normalized spacial score (nSPS) is 21.4. The molecule has 1 aliphatic carbocycles. The molecule has 0 aromatic heterocycles. The molecule has 3 N–H and O–H groups in total. The zero-order chi connectivity index (χ0) is 17.4. The Morgan fingerprint density at radius 1 is 1.29 bits per heavy atom. The van der Waals surface area contributed by atoms with E-state index in [9.17, 15) is 5.11 Å². The van der Waals surface area contributed by atoms with Crippen molar-refractivity contribution in [3.05, 3.63) is 23.8 Å². The molecule has 1 aliphatic rings. The van der Waals surface area contributed by atoms with Crippen molar-refractivity contribution in [1.82, 2.24) is 10.6 Å². The lowest BCUT2D eigenvalue weighted by Crippen LogP contribution is -2.44. The fraction of sp³-hybridized carbons (Fsp3) is 0.632. The van der Waals surface area contributed by atoms with E-state index in [0.717, 1.165) is 24.0 Å². The van der Waals surface area contributed by atoms with Crippen molar-refractivity contribution in [2.24, 2.45) is 10.9 Å². The fourth-order valence-corrected chi connectivity index (χ4v) is 3.14. The molecular formula is C19H31N3O2. The SMILES string of the molecule is CCNC(=NCCc1cccc(OC)c1O)NC1CCC(C)CC1. The third kappa shape index (κ3) is 5.32.